The normalized spacial score (nSPS) is 12.0. The maximum atomic E-state index is 10.9. The summed E-state index contributed by atoms with van der Waals surface area (Å²) in [4.78, 5) is 23.5. The maximum absolute atomic E-state index is 10.9. The van der Waals surface area contributed by atoms with Gasteiger partial charge >= 0.3 is 6.01 Å². The van der Waals surface area contributed by atoms with E-state index in [0.717, 1.165) is 13.0 Å². The molecule has 1 atom stereocenters. The van der Waals surface area contributed by atoms with Crippen LogP contribution in [0, 0.1) is 0 Å². The highest BCUT2D eigenvalue weighted by molar-refractivity contribution is 5.74. The molecule has 0 saturated carbocycles. The number of aromatic nitrogens is 3. The molecule has 0 saturated heterocycles. The van der Waals surface area contributed by atoms with Gasteiger partial charge in [-0.1, -0.05) is 6.92 Å². The lowest BCUT2D eigenvalue weighted by Gasteiger charge is -2.14. The zero-order chi connectivity index (χ0) is 15.8. The van der Waals surface area contributed by atoms with Crippen LogP contribution in [0.5, 0.6) is 6.01 Å². The monoisotopic (exact) mass is 296 g/mol. The van der Waals surface area contributed by atoms with Crippen molar-refractivity contribution in [1.82, 2.24) is 15.0 Å². The molecule has 118 valence electrons. The number of carbonyl (C=O) groups excluding carboxylic acids is 1. The van der Waals surface area contributed by atoms with Gasteiger partial charge in [-0.05, 0) is 27.2 Å². The van der Waals surface area contributed by atoms with Gasteiger partial charge in [0.05, 0.1) is 6.10 Å². The summed E-state index contributed by atoms with van der Waals surface area (Å²) >= 11 is 0. The van der Waals surface area contributed by atoms with Gasteiger partial charge in [0.2, 0.25) is 17.8 Å². The zero-order valence-corrected chi connectivity index (χ0v) is 13.0. The molecule has 0 aromatic carbocycles. The molecule has 0 aliphatic rings. The van der Waals surface area contributed by atoms with Crippen molar-refractivity contribution in [3.05, 3.63) is 0 Å². The summed E-state index contributed by atoms with van der Waals surface area (Å²) in [6, 6.07) is 0.0724. The average molecular weight is 296 g/mol. The molecule has 0 bridgehead atoms. The fraction of sp³-hybridized carbons (Fsp3) is 0.692. The summed E-state index contributed by atoms with van der Waals surface area (Å²) in [6.07, 6.45) is 1.11. The fourth-order valence-electron chi connectivity index (χ4n) is 1.57. The van der Waals surface area contributed by atoms with Crippen LogP contribution in [0.15, 0.2) is 0 Å². The fourth-order valence-corrected chi connectivity index (χ4v) is 1.57. The topological polar surface area (TPSA) is 115 Å². The summed E-state index contributed by atoms with van der Waals surface area (Å²) in [5, 5.41) is 6.11. The van der Waals surface area contributed by atoms with Gasteiger partial charge in [0, 0.05) is 19.0 Å². The Balaban J connectivity index is 2.86. The Morgan fingerprint density at radius 2 is 1.90 bits per heavy atom. The lowest BCUT2D eigenvalue weighted by atomic mass is 10.2. The molecule has 1 aromatic heterocycles. The molecular formula is C13H24N6O2. The SMILES string of the molecule is CCCNc1nc(NC(C)CC(N)=O)nc(OC(C)C)n1. The third-order valence-corrected chi connectivity index (χ3v) is 2.37. The number of anilines is 2. The van der Waals surface area contributed by atoms with Crippen molar-refractivity contribution in [3.8, 4) is 6.01 Å². The highest BCUT2D eigenvalue weighted by atomic mass is 16.5. The Morgan fingerprint density at radius 1 is 1.24 bits per heavy atom. The van der Waals surface area contributed by atoms with Gasteiger partial charge < -0.3 is 21.1 Å². The van der Waals surface area contributed by atoms with Crippen LogP contribution in [0.1, 0.15) is 40.5 Å². The Kier molecular flexibility index (Phi) is 6.64. The summed E-state index contributed by atoms with van der Waals surface area (Å²) in [5.74, 6) is 0.413. The van der Waals surface area contributed by atoms with Crippen LogP contribution in [0.3, 0.4) is 0 Å². The highest BCUT2D eigenvalue weighted by Crippen LogP contribution is 2.14. The highest BCUT2D eigenvalue weighted by Gasteiger charge is 2.12. The predicted molar refractivity (Wildman–Crippen MR) is 81.3 cm³/mol. The molecule has 1 rings (SSSR count). The molecule has 0 spiro atoms. The molecule has 0 radical (unpaired) electrons. The van der Waals surface area contributed by atoms with Crippen molar-refractivity contribution in [2.75, 3.05) is 17.2 Å². The molecule has 0 aliphatic carbocycles. The molecular weight excluding hydrogens is 272 g/mol. The third-order valence-electron chi connectivity index (χ3n) is 2.37. The first-order valence-electron chi connectivity index (χ1n) is 7.12. The minimum Gasteiger partial charge on any atom is -0.461 e. The van der Waals surface area contributed by atoms with Gasteiger partial charge in [0.25, 0.3) is 0 Å². The van der Waals surface area contributed by atoms with Crippen molar-refractivity contribution < 1.29 is 9.53 Å². The second kappa shape index (κ2) is 8.23. The summed E-state index contributed by atoms with van der Waals surface area (Å²) < 4.78 is 5.50. The molecule has 0 aliphatic heterocycles. The van der Waals surface area contributed by atoms with Gasteiger partial charge in [-0.25, -0.2) is 0 Å². The van der Waals surface area contributed by atoms with Gasteiger partial charge in [-0.3, -0.25) is 4.79 Å². The van der Waals surface area contributed by atoms with Crippen LogP contribution in [-0.2, 0) is 4.79 Å². The van der Waals surface area contributed by atoms with Crippen molar-refractivity contribution >= 4 is 17.8 Å². The predicted octanol–water partition coefficient (Wildman–Crippen LogP) is 1.16. The average Bonchev–Trinajstić information content (AvgIpc) is 2.34. The molecule has 1 aromatic rings. The van der Waals surface area contributed by atoms with Crippen LogP contribution in [-0.4, -0.2) is 39.5 Å². The first-order chi connectivity index (χ1) is 9.90. The van der Waals surface area contributed by atoms with E-state index < -0.39 is 0 Å². The van der Waals surface area contributed by atoms with Crippen molar-refractivity contribution in [2.24, 2.45) is 5.73 Å². The first-order valence-corrected chi connectivity index (χ1v) is 7.12. The number of rotatable bonds is 9. The van der Waals surface area contributed by atoms with Crippen LogP contribution < -0.4 is 21.1 Å². The van der Waals surface area contributed by atoms with E-state index in [1.165, 1.54) is 0 Å². The number of nitrogens with one attached hydrogen (secondary N) is 2. The molecule has 1 amide bonds. The number of ether oxygens (including phenoxy) is 1. The van der Waals surface area contributed by atoms with Crippen molar-refractivity contribution in [1.29, 1.82) is 0 Å². The molecule has 1 heterocycles. The lowest BCUT2D eigenvalue weighted by Crippen LogP contribution is -2.25. The number of nitrogens with zero attached hydrogens (tertiary/aromatic N) is 3. The summed E-state index contributed by atoms with van der Waals surface area (Å²) in [5.41, 5.74) is 5.17. The maximum Gasteiger partial charge on any atom is 0.323 e. The van der Waals surface area contributed by atoms with E-state index in [1.54, 1.807) is 0 Å². The number of hydrogen-bond donors (Lipinski definition) is 3. The number of nitrogens with two attached hydrogens (primary N) is 1. The number of hydrogen-bond acceptors (Lipinski definition) is 7. The van der Waals surface area contributed by atoms with E-state index >= 15 is 0 Å². The molecule has 1 unspecified atom stereocenters. The second-order valence-electron chi connectivity index (χ2n) is 5.07. The van der Waals surface area contributed by atoms with E-state index in [9.17, 15) is 4.79 Å². The lowest BCUT2D eigenvalue weighted by molar-refractivity contribution is -0.118. The number of carbonyl (C=O) groups is 1. The van der Waals surface area contributed by atoms with Gasteiger partial charge in [-0.2, -0.15) is 15.0 Å². The first kappa shape index (κ1) is 16.9. The van der Waals surface area contributed by atoms with Crippen LogP contribution in [0.2, 0.25) is 0 Å². The Bertz CT molecular complexity index is 466. The zero-order valence-electron chi connectivity index (χ0n) is 13.0. The molecule has 8 heteroatoms. The molecule has 0 fully saturated rings. The smallest absolute Gasteiger partial charge is 0.323 e. The Morgan fingerprint density at radius 3 is 2.48 bits per heavy atom. The van der Waals surface area contributed by atoms with E-state index in [1.807, 2.05) is 27.7 Å². The van der Waals surface area contributed by atoms with Crippen LogP contribution in [0.25, 0.3) is 0 Å². The van der Waals surface area contributed by atoms with Crippen LogP contribution >= 0.6 is 0 Å². The van der Waals surface area contributed by atoms with E-state index in [4.69, 9.17) is 10.5 Å². The van der Waals surface area contributed by atoms with E-state index in [0.29, 0.717) is 11.9 Å². The van der Waals surface area contributed by atoms with Crippen molar-refractivity contribution in [2.45, 2.75) is 52.7 Å². The number of amides is 1. The largest absolute Gasteiger partial charge is 0.461 e. The quantitative estimate of drug-likeness (QED) is 0.626. The van der Waals surface area contributed by atoms with Gasteiger partial charge in [0.15, 0.2) is 0 Å². The minimum atomic E-state index is -0.382. The summed E-state index contributed by atoms with van der Waals surface area (Å²) in [6.45, 7) is 8.42. The summed E-state index contributed by atoms with van der Waals surface area (Å²) in [7, 11) is 0. The van der Waals surface area contributed by atoms with Crippen LogP contribution in [0.4, 0.5) is 11.9 Å². The van der Waals surface area contributed by atoms with Crippen molar-refractivity contribution in [3.63, 3.8) is 0 Å². The Labute approximate surface area is 124 Å². The van der Waals surface area contributed by atoms with E-state index in [-0.39, 0.29) is 30.5 Å². The Hall–Kier alpha value is -2.12. The van der Waals surface area contributed by atoms with Gasteiger partial charge in [0.1, 0.15) is 0 Å². The molecule has 4 N–H and O–H groups in total. The number of primary amides is 1. The second-order valence-corrected chi connectivity index (χ2v) is 5.07. The van der Waals surface area contributed by atoms with Gasteiger partial charge in [-0.15, -0.1) is 0 Å². The van der Waals surface area contributed by atoms with E-state index in [2.05, 4.69) is 25.6 Å². The standard InChI is InChI=1S/C13H24N6O2/c1-5-6-15-11-17-12(16-9(4)7-10(14)20)19-13(18-11)21-8(2)3/h8-9H,5-7H2,1-4H3,(H2,14,20)(H2,15,16,17,18,19). The third kappa shape index (κ3) is 6.73. The molecule has 21 heavy (non-hydrogen) atoms. The molecule has 8 nitrogen and oxygen atoms in total. The minimum absolute atomic E-state index is 0.0395.